The molecular formula is C21H22N2O5. The van der Waals surface area contributed by atoms with Crippen LogP contribution in [0.15, 0.2) is 36.4 Å². The molecule has 2 amide bonds. The highest BCUT2D eigenvalue weighted by atomic mass is 16.5. The molecule has 2 aromatic rings. The summed E-state index contributed by atoms with van der Waals surface area (Å²) in [7, 11) is 0. The molecule has 2 N–H and O–H groups in total. The van der Waals surface area contributed by atoms with Crippen LogP contribution in [0.5, 0.6) is 11.5 Å². The molecule has 0 aromatic heterocycles. The molecule has 2 heterocycles. The topological polar surface area (TPSA) is 88.1 Å². The van der Waals surface area contributed by atoms with Crippen LogP contribution < -0.4 is 19.7 Å². The number of carbonyl (C=O) groups is 2. The van der Waals surface area contributed by atoms with Gasteiger partial charge in [0, 0.05) is 30.1 Å². The Kier molecular flexibility index (Phi) is 4.92. The molecule has 0 aliphatic carbocycles. The van der Waals surface area contributed by atoms with Gasteiger partial charge < -0.3 is 24.8 Å². The summed E-state index contributed by atoms with van der Waals surface area (Å²) in [5.74, 6) is 0.874. The first-order valence-corrected chi connectivity index (χ1v) is 9.36. The highest BCUT2D eigenvalue weighted by Gasteiger charge is 2.33. The Bertz CT molecular complexity index is 927. The third-order valence-electron chi connectivity index (χ3n) is 5.07. The van der Waals surface area contributed by atoms with Crippen LogP contribution in [0.1, 0.15) is 30.4 Å². The average molecular weight is 382 g/mol. The van der Waals surface area contributed by atoms with Crippen molar-refractivity contribution in [3.63, 3.8) is 0 Å². The number of ether oxygens (including phenoxy) is 2. The number of benzene rings is 2. The Morgan fingerprint density at radius 2 is 2.07 bits per heavy atom. The Morgan fingerprint density at radius 1 is 1.25 bits per heavy atom. The number of carbonyl (C=O) groups excluding carboxylic acids is 2. The maximum absolute atomic E-state index is 12.4. The molecule has 7 nitrogen and oxygen atoms in total. The van der Waals surface area contributed by atoms with Gasteiger partial charge in [-0.2, -0.15) is 0 Å². The fraction of sp³-hybridized carbons (Fsp3) is 0.333. The minimum absolute atomic E-state index is 0.00680. The van der Waals surface area contributed by atoms with Crippen LogP contribution in [-0.2, 0) is 9.59 Å². The van der Waals surface area contributed by atoms with E-state index in [0.29, 0.717) is 29.4 Å². The average Bonchev–Trinajstić information content (AvgIpc) is 2.70. The molecule has 0 radical (unpaired) electrons. The van der Waals surface area contributed by atoms with Gasteiger partial charge in [-0.05, 0) is 30.7 Å². The van der Waals surface area contributed by atoms with Gasteiger partial charge in [-0.3, -0.25) is 9.59 Å². The minimum atomic E-state index is -0.208. The zero-order chi connectivity index (χ0) is 19.7. The molecule has 2 aliphatic rings. The zero-order valence-electron chi connectivity index (χ0n) is 15.6. The van der Waals surface area contributed by atoms with Crippen molar-refractivity contribution in [3.05, 3.63) is 47.5 Å². The Morgan fingerprint density at radius 3 is 2.86 bits per heavy atom. The summed E-state index contributed by atoms with van der Waals surface area (Å²) in [6, 6.07) is 11.3. The summed E-state index contributed by atoms with van der Waals surface area (Å²) < 4.78 is 11.4. The fourth-order valence-electron chi connectivity index (χ4n) is 3.84. The van der Waals surface area contributed by atoms with E-state index >= 15 is 0 Å². The molecule has 0 fully saturated rings. The monoisotopic (exact) mass is 382 g/mol. The van der Waals surface area contributed by atoms with Crippen molar-refractivity contribution in [2.24, 2.45) is 0 Å². The number of anilines is 2. The predicted octanol–water partition coefficient (Wildman–Crippen LogP) is 2.28. The molecule has 1 atom stereocenters. The Hall–Kier alpha value is -3.06. The van der Waals surface area contributed by atoms with Crippen molar-refractivity contribution in [1.82, 2.24) is 0 Å². The number of hydrogen-bond acceptors (Lipinski definition) is 5. The summed E-state index contributed by atoms with van der Waals surface area (Å²) in [6.07, 6.45) is 0.279. The number of fused-ring (bicyclic) bond motifs is 2. The van der Waals surface area contributed by atoms with Crippen molar-refractivity contribution in [2.45, 2.75) is 19.3 Å². The van der Waals surface area contributed by atoms with Crippen molar-refractivity contribution >= 4 is 23.2 Å². The van der Waals surface area contributed by atoms with E-state index < -0.39 is 0 Å². The quantitative estimate of drug-likeness (QED) is 0.828. The molecule has 28 heavy (non-hydrogen) atoms. The number of aliphatic hydroxyl groups excluding tert-OH is 1. The van der Waals surface area contributed by atoms with E-state index in [1.54, 1.807) is 4.90 Å². The van der Waals surface area contributed by atoms with Crippen LogP contribution in [-0.4, -0.2) is 43.3 Å². The van der Waals surface area contributed by atoms with Crippen molar-refractivity contribution in [3.8, 4) is 11.5 Å². The van der Waals surface area contributed by atoms with Crippen LogP contribution >= 0.6 is 0 Å². The van der Waals surface area contributed by atoms with Gasteiger partial charge in [0.15, 0.2) is 6.61 Å². The van der Waals surface area contributed by atoms with Gasteiger partial charge >= 0.3 is 0 Å². The minimum Gasteiger partial charge on any atom is -0.491 e. The van der Waals surface area contributed by atoms with Crippen LogP contribution in [0.3, 0.4) is 0 Å². The molecule has 0 bridgehead atoms. The number of hydrogen-bond donors (Lipinski definition) is 2. The number of rotatable bonds is 5. The number of nitrogens with zero attached hydrogens (tertiary/aromatic N) is 1. The first-order valence-electron chi connectivity index (χ1n) is 9.36. The van der Waals surface area contributed by atoms with Gasteiger partial charge in [0.2, 0.25) is 5.91 Å². The van der Waals surface area contributed by atoms with E-state index in [-0.39, 0.29) is 44.0 Å². The summed E-state index contributed by atoms with van der Waals surface area (Å²) in [6.45, 7) is 2.54. The van der Waals surface area contributed by atoms with Gasteiger partial charge in [-0.1, -0.05) is 18.2 Å². The second-order valence-electron chi connectivity index (χ2n) is 6.75. The van der Waals surface area contributed by atoms with Crippen LogP contribution in [0, 0.1) is 0 Å². The van der Waals surface area contributed by atoms with Gasteiger partial charge in [0.25, 0.3) is 5.91 Å². The summed E-state index contributed by atoms with van der Waals surface area (Å²) in [4.78, 5) is 26.2. The van der Waals surface area contributed by atoms with E-state index in [9.17, 15) is 9.59 Å². The lowest BCUT2D eigenvalue weighted by atomic mass is 9.83. The molecule has 7 heteroatoms. The van der Waals surface area contributed by atoms with Gasteiger partial charge in [-0.25, -0.2) is 0 Å². The maximum Gasteiger partial charge on any atom is 0.265 e. The van der Waals surface area contributed by atoms with E-state index in [4.69, 9.17) is 14.6 Å². The second kappa shape index (κ2) is 7.52. The number of para-hydroxylation sites is 1. The number of aliphatic hydroxyl groups is 1. The highest BCUT2D eigenvalue weighted by Crippen LogP contribution is 2.46. The standard InChI is InChI=1S/C21H22N2O5/c1-2-23-17-11-16-15(9-19(17)28-12-21(23)26)14(10-20(25)22-16)13-5-3-4-6-18(13)27-8-7-24/h3-6,9,11,14,24H,2,7-8,10,12H2,1H3,(H,22,25). The first kappa shape index (κ1) is 18.3. The number of amides is 2. The third kappa shape index (κ3) is 3.18. The molecule has 2 aliphatic heterocycles. The molecule has 2 aromatic carbocycles. The van der Waals surface area contributed by atoms with Crippen molar-refractivity contribution in [1.29, 1.82) is 0 Å². The number of likely N-dealkylation sites (N-methyl/N-ethyl adjacent to an activating group) is 1. The van der Waals surface area contributed by atoms with Crippen LogP contribution in [0.4, 0.5) is 11.4 Å². The second-order valence-corrected chi connectivity index (χ2v) is 6.75. The molecule has 4 rings (SSSR count). The molecule has 0 saturated carbocycles. The molecule has 1 unspecified atom stereocenters. The van der Waals surface area contributed by atoms with E-state index in [1.807, 2.05) is 43.3 Å². The predicted molar refractivity (Wildman–Crippen MR) is 104 cm³/mol. The normalized spacial score (nSPS) is 18.1. The van der Waals surface area contributed by atoms with Crippen LogP contribution in [0.2, 0.25) is 0 Å². The molecule has 0 spiro atoms. The maximum atomic E-state index is 12.4. The fourth-order valence-corrected chi connectivity index (χ4v) is 3.84. The molecule has 146 valence electrons. The SMILES string of the molecule is CCN1C(=O)COc2cc3c(cc21)NC(=O)CC3c1ccccc1OCCO. The van der Waals surface area contributed by atoms with Gasteiger partial charge in [0.1, 0.15) is 18.1 Å². The number of nitrogens with one attached hydrogen (secondary N) is 1. The van der Waals surface area contributed by atoms with E-state index in [0.717, 1.165) is 11.1 Å². The molecule has 0 saturated heterocycles. The smallest absolute Gasteiger partial charge is 0.265 e. The Labute approximate surface area is 162 Å². The largest absolute Gasteiger partial charge is 0.491 e. The van der Waals surface area contributed by atoms with Crippen molar-refractivity contribution in [2.75, 3.05) is 36.6 Å². The lowest BCUT2D eigenvalue weighted by Crippen LogP contribution is -2.39. The lowest BCUT2D eigenvalue weighted by molar-refractivity contribution is -0.121. The van der Waals surface area contributed by atoms with E-state index in [1.165, 1.54) is 0 Å². The van der Waals surface area contributed by atoms with Crippen LogP contribution in [0.25, 0.3) is 0 Å². The first-order chi connectivity index (χ1) is 13.6. The summed E-state index contributed by atoms with van der Waals surface area (Å²) >= 11 is 0. The van der Waals surface area contributed by atoms with Crippen molar-refractivity contribution < 1.29 is 24.2 Å². The third-order valence-corrected chi connectivity index (χ3v) is 5.07. The molecular weight excluding hydrogens is 360 g/mol. The Balaban J connectivity index is 1.80. The lowest BCUT2D eigenvalue weighted by Gasteiger charge is -2.33. The summed E-state index contributed by atoms with van der Waals surface area (Å²) in [5, 5.41) is 12.0. The zero-order valence-corrected chi connectivity index (χ0v) is 15.6. The van der Waals surface area contributed by atoms with Gasteiger partial charge in [0.05, 0.1) is 12.3 Å². The highest BCUT2D eigenvalue weighted by molar-refractivity contribution is 6.01. The van der Waals surface area contributed by atoms with E-state index in [2.05, 4.69) is 5.32 Å². The summed E-state index contributed by atoms with van der Waals surface area (Å²) in [5.41, 5.74) is 3.15. The van der Waals surface area contributed by atoms with Gasteiger partial charge in [-0.15, -0.1) is 0 Å².